The average Bonchev–Trinajstić information content (AvgIpc) is 2.53. The highest BCUT2D eigenvalue weighted by atomic mass is 16.5. The molecular weight excluding hydrogens is 286 g/mol. The molecule has 0 aliphatic carbocycles. The third-order valence-corrected chi connectivity index (χ3v) is 4.34. The molecule has 2 rings (SSSR count). The molecule has 0 saturated carbocycles. The van der Waals surface area contributed by atoms with E-state index in [-0.39, 0.29) is 0 Å². The molecule has 1 atom stereocenters. The van der Waals surface area contributed by atoms with E-state index < -0.39 is 6.10 Å². The molecule has 2 aromatic rings. The van der Waals surface area contributed by atoms with Crippen LogP contribution in [0, 0.1) is 0 Å². The van der Waals surface area contributed by atoms with E-state index in [4.69, 9.17) is 4.74 Å². The van der Waals surface area contributed by atoms with Crippen LogP contribution in [0.3, 0.4) is 0 Å². The lowest BCUT2D eigenvalue weighted by Gasteiger charge is -2.35. The van der Waals surface area contributed by atoms with Gasteiger partial charge in [0.1, 0.15) is 25.0 Å². The summed E-state index contributed by atoms with van der Waals surface area (Å²) in [5.41, 5.74) is 0. The maximum atomic E-state index is 10.4. The van der Waals surface area contributed by atoms with E-state index in [9.17, 15) is 5.11 Å². The Morgan fingerprint density at radius 3 is 2.30 bits per heavy atom. The Labute approximate surface area is 140 Å². The highest BCUT2D eigenvalue weighted by molar-refractivity contribution is 5.83. The van der Waals surface area contributed by atoms with E-state index in [0.29, 0.717) is 6.61 Å². The maximum Gasteiger partial charge on any atom is 0.137 e. The number of benzene rings is 2. The van der Waals surface area contributed by atoms with Crippen molar-refractivity contribution in [3.8, 4) is 5.75 Å². The van der Waals surface area contributed by atoms with Crippen LogP contribution >= 0.6 is 0 Å². The minimum Gasteiger partial charge on any atom is -0.491 e. The van der Waals surface area contributed by atoms with Crippen LogP contribution in [0.4, 0.5) is 0 Å². The quantitative estimate of drug-likeness (QED) is 0.712. The summed E-state index contributed by atoms with van der Waals surface area (Å²) in [4.78, 5) is 0. The van der Waals surface area contributed by atoms with E-state index in [1.807, 2.05) is 24.3 Å². The van der Waals surface area contributed by atoms with Gasteiger partial charge in [-0.2, -0.15) is 0 Å². The highest BCUT2D eigenvalue weighted by Crippen LogP contribution is 2.20. The number of nitrogens with zero attached hydrogens (tertiary/aromatic N) is 1. The van der Waals surface area contributed by atoms with Gasteiger partial charge in [0.25, 0.3) is 0 Å². The van der Waals surface area contributed by atoms with Crippen molar-refractivity contribution in [1.82, 2.24) is 0 Å². The molecule has 0 aliphatic heterocycles. The van der Waals surface area contributed by atoms with Gasteiger partial charge in [0.15, 0.2) is 0 Å². The number of ether oxygens (including phenoxy) is 1. The number of aliphatic hydroxyl groups excluding tert-OH is 1. The van der Waals surface area contributed by atoms with Gasteiger partial charge in [-0.25, -0.2) is 0 Å². The first-order valence-corrected chi connectivity index (χ1v) is 8.69. The zero-order valence-electron chi connectivity index (χ0n) is 14.7. The summed E-state index contributed by atoms with van der Waals surface area (Å²) in [6.07, 6.45) is 1.83. The first kappa shape index (κ1) is 17.8. The van der Waals surface area contributed by atoms with Crippen molar-refractivity contribution >= 4 is 10.8 Å². The van der Waals surface area contributed by atoms with Crippen LogP contribution in [-0.2, 0) is 0 Å². The second kappa shape index (κ2) is 8.32. The molecular formula is C20H30NO2+. The third-order valence-electron chi connectivity index (χ3n) is 4.34. The summed E-state index contributed by atoms with van der Waals surface area (Å²) in [5, 5.41) is 12.7. The second-order valence-corrected chi connectivity index (χ2v) is 6.72. The van der Waals surface area contributed by atoms with Gasteiger partial charge < -0.3 is 14.3 Å². The Morgan fingerprint density at radius 1 is 1.00 bits per heavy atom. The Bertz CT molecular complexity index is 605. The Kier molecular flexibility index (Phi) is 6.43. The SMILES string of the molecule is CCC[N+](C)(CCC)C[C@H](O)COc1ccc2ccccc2c1. The Hall–Kier alpha value is -1.58. The first-order chi connectivity index (χ1) is 11.1. The molecule has 0 heterocycles. The number of fused-ring (bicyclic) bond motifs is 1. The molecule has 0 fully saturated rings. The number of hydrogen-bond acceptors (Lipinski definition) is 2. The average molecular weight is 316 g/mol. The Morgan fingerprint density at radius 2 is 1.65 bits per heavy atom. The van der Waals surface area contributed by atoms with Gasteiger partial charge in [-0.1, -0.05) is 44.2 Å². The van der Waals surface area contributed by atoms with Crippen molar-refractivity contribution in [2.24, 2.45) is 0 Å². The third kappa shape index (κ3) is 5.22. The number of aliphatic hydroxyl groups is 1. The molecule has 0 unspecified atom stereocenters. The normalized spacial score (nSPS) is 13.2. The van der Waals surface area contributed by atoms with Crippen molar-refractivity contribution < 1.29 is 14.3 Å². The van der Waals surface area contributed by atoms with Gasteiger partial charge in [-0.15, -0.1) is 0 Å². The molecule has 1 N–H and O–H groups in total. The lowest BCUT2D eigenvalue weighted by Crippen LogP contribution is -2.51. The standard InChI is InChI=1S/C20H30NO2/c1-4-12-21(3,13-5-2)15-19(22)16-23-20-11-10-17-8-6-7-9-18(17)14-20/h6-11,14,19,22H,4-5,12-13,15-16H2,1-3H3/q+1/t19-/m0/s1. The summed E-state index contributed by atoms with van der Waals surface area (Å²) >= 11 is 0. The van der Waals surface area contributed by atoms with Crippen LogP contribution in [0.1, 0.15) is 26.7 Å². The predicted molar refractivity (Wildman–Crippen MR) is 96.8 cm³/mol. The van der Waals surface area contributed by atoms with Crippen molar-refractivity contribution in [3.63, 3.8) is 0 Å². The van der Waals surface area contributed by atoms with E-state index in [2.05, 4.69) is 39.1 Å². The molecule has 0 bridgehead atoms. The van der Waals surface area contributed by atoms with Crippen LogP contribution in [0.15, 0.2) is 42.5 Å². The first-order valence-electron chi connectivity index (χ1n) is 8.69. The summed E-state index contributed by atoms with van der Waals surface area (Å²) < 4.78 is 6.73. The van der Waals surface area contributed by atoms with Gasteiger partial charge in [0.05, 0.1) is 20.1 Å². The maximum absolute atomic E-state index is 10.4. The molecule has 0 saturated heterocycles. The molecule has 3 heteroatoms. The Balaban J connectivity index is 1.93. The number of rotatable bonds is 9. The minimum absolute atomic E-state index is 0.347. The molecule has 23 heavy (non-hydrogen) atoms. The summed E-state index contributed by atoms with van der Waals surface area (Å²) in [7, 11) is 2.23. The monoisotopic (exact) mass is 316 g/mol. The molecule has 2 aromatic carbocycles. The summed E-state index contributed by atoms with van der Waals surface area (Å²) in [5.74, 6) is 0.822. The van der Waals surface area contributed by atoms with Gasteiger partial charge in [-0.3, -0.25) is 0 Å². The second-order valence-electron chi connectivity index (χ2n) is 6.72. The van der Waals surface area contributed by atoms with Gasteiger partial charge in [-0.05, 0) is 35.7 Å². The minimum atomic E-state index is -0.440. The van der Waals surface area contributed by atoms with Gasteiger partial charge in [0.2, 0.25) is 0 Å². The smallest absolute Gasteiger partial charge is 0.137 e. The van der Waals surface area contributed by atoms with Crippen LogP contribution in [-0.4, -0.2) is 49.0 Å². The largest absolute Gasteiger partial charge is 0.491 e. The summed E-state index contributed by atoms with van der Waals surface area (Å²) in [6.45, 7) is 7.69. The van der Waals surface area contributed by atoms with Crippen LogP contribution in [0.25, 0.3) is 10.8 Å². The van der Waals surface area contributed by atoms with Crippen molar-refractivity contribution in [2.45, 2.75) is 32.8 Å². The fraction of sp³-hybridized carbons (Fsp3) is 0.500. The molecule has 0 spiro atoms. The van der Waals surface area contributed by atoms with Gasteiger partial charge in [0, 0.05) is 0 Å². The zero-order chi connectivity index (χ0) is 16.7. The lowest BCUT2D eigenvalue weighted by molar-refractivity contribution is -0.912. The molecule has 3 nitrogen and oxygen atoms in total. The molecule has 0 aromatic heterocycles. The van der Waals surface area contributed by atoms with Crippen LogP contribution in [0.2, 0.25) is 0 Å². The van der Waals surface area contributed by atoms with E-state index in [0.717, 1.165) is 48.1 Å². The van der Waals surface area contributed by atoms with E-state index >= 15 is 0 Å². The van der Waals surface area contributed by atoms with Crippen LogP contribution in [0.5, 0.6) is 5.75 Å². The van der Waals surface area contributed by atoms with Crippen LogP contribution < -0.4 is 4.74 Å². The van der Waals surface area contributed by atoms with Crippen molar-refractivity contribution in [1.29, 1.82) is 0 Å². The van der Waals surface area contributed by atoms with Crippen molar-refractivity contribution in [3.05, 3.63) is 42.5 Å². The molecule has 0 radical (unpaired) electrons. The highest BCUT2D eigenvalue weighted by Gasteiger charge is 2.24. The number of hydrogen-bond donors (Lipinski definition) is 1. The fourth-order valence-electron chi connectivity index (χ4n) is 3.39. The molecule has 0 amide bonds. The van der Waals surface area contributed by atoms with E-state index in [1.165, 1.54) is 5.39 Å². The summed E-state index contributed by atoms with van der Waals surface area (Å²) in [6, 6.07) is 14.3. The van der Waals surface area contributed by atoms with E-state index in [1.54, 1.807) is 0 Å². The predicted octanol–water partition coefficient (Wildman–Crippen LogP) is 3.85. The number of quaternary nitrogens is 1. The molecule has 0 aliphatic rings. The topological polar surface area (TPSA) is 29.5 Å². The lowest BCUT2D eigenvalue weighted by atomic mass is 10.1. The van der Waals surface area contributed by atoms with Gasteiger partial charge >= 0.3 is 0 Å². The molecule has 126 valence electrons. The number of likely N-dealkylation sites (N-methyl/N-ethyl adjacent to an activating group) is 1. The van der Waals surface area contributed by atoms with Crippen molar-refractivity contribution in [2.75, 3.05) is 33.3 Å². The zero-order valence-corrected chi connectivity index (χ0v) is 14.7. The fourth-order valence-corrected chi connectivity index (χ4v) is 3.39.